The van der Waals surface area contributed by atoms with E-state index in [0.29, 0.717) is 19.7 Å². The summed E-state index contributed by atoms with van der Waals surface area (Å²) in [5, 5.41) is 2.31. The van der Waals surface area contributed by atoms with Crippen LogP contribution in [0, 0.1) is 0 Å². The van der Waals surface area contributed by atoms with Gasteiger partial charge in [0.25, 0.3) is 0 Å². The van der Waals surface area contributed by atoms with Crippen molar-refractivity contribution < 1.29 is 27.5 Å². The number of para-hydroxylation sites is 1. The second kappa shape index (κ2) is 11.0. The third kappa shape index (κ3) is 6.74. The van der Waals surface area contributed by atoms with Crippen molar-refractivity contribution in [3.63, 3.8) is 0 Å². The van der Waals surface area contributed by atoms with Crippen LogP contribution < -0.4 is 5.32 Å². The van der Waals surface area contributed by atoms with E-state index in [1.807, 2.05) is 29.9 Å². The van der Waals surface area contributed by atoms with Crippen molar-refractivity contribution in [1.82, 2.24) is 14.4 Å². The fourth-order valence-corrected chi connectivity index (χ4v) is 3.11. The maximum absolute atomic E-state index is 13.3. The number of carbonyl (C=O) groups is 2. The molecule has 0 bridgehead atoms. The fourth-order valence-electron chi connectivity index (χ4n) is 3.11. The molecule has 1 aromatic carbocycles. The molecule has 0 spiro atoms. The number of hydrogen-bond donors (Lipinski definition) is 1. The first kappa shape index (κ1) is 25.3. The van der Waals surface area contributed by atoms with Crippen molar-refractivity contribution in [2.45, 2.75) is 32.6 Å². The molecule has 0 saturated heterocycles. The number of rotatable bonds is 9. The first-order valence-electron chi connectivity index (χ1n) is 10.1. The summed E-state index contributed by atoms with van der Waals surface area (Å²) in [6.45, 7) is 4.04. The average molecular weight is 454 g/mol. The highest BCUT2D eigenvalue weighted by atomic mass is 19.4. The zero-order valence-electron chi connectivity index (χ0n) is 18.6. The van der Waals surface area contributed by atoms with Crippen LogP contribution in [-0.2, 0) is 29.3 Å². The predicted octanol–water partition coefficient (Wildman–Crippen LogP) is 3.96. The largest absolute Gasteiger partial charge is 0.418 e. The molecule has 10 heteroatoms. The van der Waals surface area contributed by atoms with Crippen LogP contribution in [0.4, 0.5) is 23.7 Å². The highest BCUT2D eigenvalue weighted by Crippen LogP contribution is 2.34. The Bertz CT molecular complexity index is 912. The van der Waals surface area contributed by atoms with Crippen LogP contribution in [0.15, 0.2) is 42.6 Å². The number of nitrogens with one attached hydrogen (secondary N) is 1. The number of alkyl halides is 3. The van der Waals surface area contributed by atoms with Gasteiger partial charge in [-0.05, 0) is 38.1 Å². The van der Waals surface area contributed by atoms with E-state index in [1.165, 1.54) is 30.2 Å². The van der Waals surface area contributed by atoms with Crippen LogP contribution >= 0.6 is 0 Å². The first-order chi connectivity index (χ1) is 15.0. The molecule has 0 aliphatic heterocycles. The van der Waals surface area contributed by atoms with Crippen LogP contribution in [0.3, 0.4) is 0 Å². The van der Waals surface area contributed by atoms with Crippen LogP contribution in [-0.4, -0.2) is 59.2 Å². The molecule has 176 valence electrons. The molecule has 0 atom stereocenters. The number of urea groups is 1. The van der Waals surface area contributed by atoms with Gasteiger partial charge in [-0.25, -0.2) is 4.79 Å². The Kier molecular flexibility index (Phi) is 8.71. The Morgan fingerprint density at radius 2 is 1.84 bits per heavy atom. The van der Waals surface area contributed by atoms with Gasteiger partial charge in [-0.3, -0.25) is 4.79 Å². The van der Waals surface area contributed by atoms with E-state index in [0.717, 1.165) is 11.8 Å². The molecule has 2 aromatic rings. The number of anilines is 1. The van der Waals surface area contributed by atoms with Gasteiger partial charge < -0.3 is 24.4 Å². The molecule has 0 radical (unpaired) electrons. The number of hydrogen-bond acceptors (Lipinski definition) is 3. The van der Waals surface area contributed by atoms with E-state index >= 15 is 0 Å². The molecule has 0 unspecified atom stereocenters. The van der Waals surface area contributed by atoms with Crippen molar-refractivity contribution in [3.05, 3.63) is 53.9 Å². The average Bonchev–Trinajstić information content (AvgIpc) is 3.12. The zero-order valence-corrected chi connectivity index (χ0v) is 18.6. The molecule has 0 saturated carbocycles. The molecular formula is C22H29F3N4O3. The topological polar surface area (TPSA) is 66.8 Å². The van der Waals surface area contributed by atoms with E-state index in [9.17, 15) is 22.8 Å². The smallest absolute Gasteiger partial charge is 0.383 e. The third-order valence-corrected chi connectivity index (χ3v) is 4.99. The van der Waals surface area contributed by atoms with Gasteiger partial charge in [0.1, 0.15) is 6.54 Å². The highest BCUT2D eigenvalue weighted by molar-refractivity contribution is 5.93. The molecule has 3 amide bonds. The zero-order chi connectivity index (χ0) is 23.9. The number of nitrogens with zero attached hydrogens (tertiary/aromatic N) is 3. The van der Waals surface area contributed by atoms with E-state index < -0.39 is 23.8 Å². The number of aromatic nitrogens is 1. The summed E-state index contributed by atoms with van der Waals surface area (Å²) in [5.41, 5.74) is -0.411. The molecule has 0 aliphatic rings. The summed E-state index contributed by atoms with van der Waals surface area (Å²) >= 11 is 0. The van der Waals surface area contributed by atoms with Crippen LogP contribution in [0.25, 0.3) is 0 Å². The van der Waals surface area contributed by atoms with Crippen LogP contribution in [0.2, 0.25) is 0 Å². The standard InChI is InChI=1S/C22H29F3N4O3/c1-16(2)29(21(31)26-19-10-6-5-9-18(19)22(23,24)25)15-20(30)28(12-13-32-4)14-17-8-7-11-27(17)3/h5-11,16H,12-15H2,1-4H3,(H,26,31). The van der Waals surface area contributed by atoms with E-state index in [4.69, 9.17) is 4.74 Å². The molecule has 0 aliphatic carbocycles. The Hall–Kier alpha value is -3.01. The quantitative estimate of drug-likeness (QED) is 0.624. The van der Waals surface area contributed by atoms with Crippen molar-refractivity contribution in [2.75, 3.05) is 32.1 Å². The highest BCUT2D eigenvalue weighted by Gasteiger charge is 2.34. The molecule has 1 N–H and O–H groups in total. The van der Waals surface area contributed by atoms with Crippen LogP contribution in [0.5, 0.6) is 0 Å². The van der Waals surface area contributed by atoms with Gasteiger partial charge in [0, 0.05) is 38.6 Å². The number of amides is 3. The van der Waals surface area contributed by atoms with E-state index in [-0.39, 0.29) is 18.1 Å². The van der Waals surface area contributed by atoms with Gasteiger partial charge in [-0.1, -0.05) is 12.1 Å². The first-order valence-corrected chi connectivity index (χ1v) is 10.1. The molecule has 0 fully saturated rings. The number of benzene rings is 1. The number of ether oxygens (including phenoxy) is 1. The Balaban J connectivity index is 2.17. The van der Waals surface area contributed by atoms with Crippen molar-refractivity contribution in [2.24, 2.45) is 7.05 Å². The summed E-state index contributed by atoms with van der Waals surface area (Å²) < 4.78 is 46.8. The monoisotopic (exact) mass is 454 g/mol. The number of carbonyl (C=O) groups excluding carboxylic acids is 2. The van der Waals surface area contributed by atoms with Gasteiger partial charge in [0.05, 0.1) is 24.4 Å². The Labute approximate surface area is 185 Å². The number of methoxy groups -OCH3 is 1. The van der Waals surface area contributed by atoms with E-state index in [1.54, 1.807) is 18.7 Å². The van der Waals surface area contributed by atoms with Gasteiger partial charge in [-0.15, -0.1) is 0 Å². The molecular weight excluding hydrogens is 425 g/mol. The van der Waals surface area contributed by atoms with Crippen molar-refractivity contribution in [3.8, 4) is 0 Å². The van der Waals surface area contributed by atoms with E-state index in [2.05, 4.69) is 5.32 Å². The predicted molar refractivity (Wildman–Crippen MR) is 115 cm³/mol. The van der Waals surface area contributed by atoms with Gasteiger partial charge in [-0.2, -0.15) is 13.2 Å². The molecule has 1 aromatic heterocycles. The summed E-state index contributed by atoms with van der Waals surface area (Å²) in [6, 6.07) is 7.27. The second-order valence-electron chi connectivity index (χ2n) is 7.61. The van der Waals surface area contributed by atoms with Crippen molar-refractivity contribution >= 4 is 17.6 Å². The normalized spacial score (nSPS) is 11.5. The summed E-state index contributed by atoms with van der Waals surface area (Å²) in [7, 11) is 3.39. The summed E-state index contributed by atoms with van der Waals surface area (Å²) in [5.74, 6) is -0.337. The van der Waals surface area contributed by atoms with Crippen LogP contribution in [0.1, 0.15) is 25.1 Å². The minimum Gasteiger partial charge on any atom is -0.383 e. The SMILES string of the molecule is COCCN(Cc1cccn1C)C(=O)CN(C(=O)Nc1ccccc1C(F)(F)F)C(C)C. The number of halogens is 3. The lowest BCUT2D eigenvalue weighted by molar-refractivity contribution is -0.137. The number of aryl methyl sites for hydroxylation is 1. The molecule has 7 nitrogen and oxygen atoms in total. The summed E-state index contributed by atoms with van der Waals surface area (Å²) in [6.07, 6.45) is -2.76. The summed E-state index contributed by atoms with van der Waals surface area (Å²) in [4.78, 5) is 28.6. The molecule has 1 heterocycles. The van der Waals surface area contributed by atoms with Crippen molar-refractivity contribution in [1.29, 1.82) is 0 Å². The molecule has 32 heavy (non-hydrogen) atoms. The minimum absolute atomic E-state index is 0.286. The Morgan fingerprint density at radius 1 is 1.16 bits per heavy atom. The fraction of sp³-hybridized carbons (Fsp3) is 0.455. The lowest BCUT2D eigenvalue weighted by atomic mass is 10.1. The molecule has 2 rings (SSSR count). The maximum atomic E-state index is 13.3. The second-order valence-corrected chi connectivity index (χ2v) is 7.61. The van der Waals surface area contributed by atoms with Gasteiger partial charge in [0.2, 0.25) is 5.91 Å². The lowest BCUT2D eigenvalue weighted by Crippen LogP contribution is -2.48. The maximum Gasteiger partial charge on any atom is 0.418 e. The lowest BCUT2D eigenvalue weighted by Gasteiger charge is -2.30. The van der Waals surface area contributed by atoms with Gasteiger partial charge in [0.15, 0.2) is 0 Å². The van der Waals surface area contributed by atoms with Gasteiger partial charge >= 0.3 is 12.2 Å². The Morgan fingerprint density at radius 3 is 2.41 bits per heavy atom. The minimum atomic E-state index is -4.62. The third-order valence-electron chi connectivity index (χ3n) is 4.99.